The molecule has 0 saturated heterocycles. The van der Waals surface area contributed by atoms with Gasteiger partial charge < -0.3 is 10.1 Å². The molecule has 1 heterocycles. The Balaban J connectivity index is 1.91. The zero-order valence-electron chi connectivity index (χ0n) is 12.1. The molecule has 0 radical (unpaired) electrons. The van der Waals surface area contributed by atoms with E-state index in [9.17, 15) is 0 Å². The van der Waals surface area contributed by atoms with Gasteiger partial charge in [0.2, 0.25) is 0 Å². The van der Waals surface area contributed by atoms with Crippen LogP contribution in [0.25, 0.3) is 22.5 Å². The van der Waals surface area contributed by atoms with E-state index >= 15 is 0 Å². The summed E-state index contributed by atoms with van der Waals surface area (Å²) in [6, 6.07) is 18.1. The Hall–Kier alpha value is -2.75. The van der Waals surface area contributed by atoms with Crippen LogP contribution in [0, 0.1) is 0 Å². The van der Waals surface area contributed by atoms with Crippen LogP contribution in [-0.2, 0) is 0 Å². The summed E-state index contributed by atoms with van der Waals surface area (Å²) < 4.78 is 5.25. The number of rotatable bonds is 4. The molecular formula is C17H17N3O. The first kappa shape index (κ1) is 13.2. The molecule has 2 aromatic carbocycles. The summed E-state index contributed by atoms with van der Waals surface area (Å²) in [6.45, 7) is 0. The van der Waals surface area contributed by atoms with E-state index in [1.54, 1.807) is 7.11 Å². The molecule has 0 atom stereocenters. The van der Waals surface area contributed by atoms with Crippen LogP contribution in [0.2, 0.25) is 0 Å². The molecule has 0 unspecified atom stereocenters. The number of benzene rings is 2. The smallest absolute Gasteiger partial charge is 0.119 e. The van der Waals surface area contributed by atoms with Crippen LogP contribution in [0.4, 0.5) is 5.69 Å². The van der Waals surface area contributed by atoms with Crippen LogP contribution in [-0.4, -0.2) is 24.4 Å². The molecule has 3 rings (SSSR count). The van der Waals surface area contributed by atoms with E-state index in [-0.39, 0.29) is 0 Å². The van der Waals surface area contributed by atoms with Crippen LogP contribution in [0.5, 0.6) is 5.75 Å². The number of anilines is 1. The Morgan fingerprint density at radius 1 is 1.00 bits per heavy atom. The molecule has 0 fully saturated rings. The second-order valence-corrected chi connectivity index (χ2v) is 4.73. The molecule has 0 aliphatic rings. The van der Waals surface area contributed by atoms with Crippen molar-refractivity contribution >= 4 is 5.69 Å². The minimum absolute atomic E-state index is 0.829. The first-order chi connectivity index (χ1) is 10.3. The van der Waals surface area contributed by atoms with Crippen LogP contribution < -0.4 is 10.1 Å². The third-order valence-corrected chi connectivity index (χ3v) is 3.43. The Kier molecular flexibility index (Phi) is 3.60. The fourth-order valence-electron chi connectivity index (χ4n) is 2.22. The zero-order valence-corrected chi connectivity index (χ0v) is 12.1. The lowest BCUT2D eigenvalue weighted by Gasteiger charge is -2.01. The predicted octanol–water partition coefficient (Wildman–Crippen LogP) is 3.79. The van der Waals surface area contributed by atoms with Gasteiger partial charge in [0.15, 0.2) is 0 Å². The van der Waals surface area contributed by atoms with Gasteiger partial charge in [0, 0.05) is 18.3 Å². The number of hydrogen-bond acceptors (Lipinski definition) is 3. The predicted molar refractivity (Wildman–Crippen MR) is 85.6 cm³/mol. The highest BCUT2D eigenvalue weighted by molar-refractivity contribution is 5.70. The third-order valence-electron chi connectivity index (χ3n) is 3.43. The minimum Gasteiger partial charge on any atom is -0.497 e. The van der Waals surface area contributed by atoms with E-state index in [0.29, 0.717) is 0 Å². The first-order valence-electron chi connectivity index (χ1n) is 6.78. The molecule has 0 aliphatic carbocycles. The van der Waals surface area contributed by atoms with Gasteiger partial charge in [-0.1, -0.05) is 24.3 Å². The normalized spacial score (nSPS) is 10.4. The number of methoxy groups -OCH3 is 1. The van der Waals surface area contributed by atoms with E-state index in [1.165, 1.54) is 0 Å². The molecule has 0 saturated carbocycles. The maximum atomic E-state index is 5.25. The summed E-state index contributed by atoms with van der Waals surface area (Å²) in [4.78, 5) is 0. The fourth-order valence-corrected chi connectivity index (χ4v) is 2.22. The Morgan fingerprint density at radius 2 is 1.81 bits per heavy atom. The molecular weight excluding hydrogens is 262 g/mol. The SMILES string of the molecule is CNc1ccc(-c2cc(-c3cccc(OC)c3)n[nH]2)cc1. The molecule has 21 heavy (non-hydrogen) atoms. The van der Waals surface area contributed by atoms with E-state index in [4.69, 9.17) is 4.74 Å². The number of aromatic nitrogens is 2. The number of H-pyrrole nitrogens is 1. The highest BCUT2D eigenvalue weighted by Crippen LogP contribution is 2.26. The fraction of sp³-hybridized carbons (Fsp3) is 0.118. The summed E-state index contributed by atoms with van der Waals surface area (Å²) in [7, 11) is 3.57. The maximum absolute atomic E-state index is 5.25. The summed E-state index contributed by atoms with van der Waals surface area (Å²) in [5.41, 5.74) is 5.13. The van der Waals surface area contributed by atoms with Crippen LogP contribution in [0.1, 0.15) is 0 Å². The monoisotopic (exact) mass is 279 g/mol. The van der Waals surface area contributed by atoms with Crippen molar-refractivity contribution in [3.05, 3.63) is 54.6 Å². The minimum atomic E-state index is 0.829. The Labute approximate surface area is 123 Å². The average molecular weight is 279 g/mol. The van der Waals surface area contributed by atoms with Gasteiger partial charge >= 0.3 is 0 Å². The standard InChI is InChI=1S/C17H17N3O/c1-18-14-8-6-12(7-9-14)16-11-17(20-19-16)13-4-3-5-15(10-13)21-2/h3-11,18H,1-2H3,(H,19,20). The van der Waals surface area contributed by atoms with Crippen molar-refractivity contribution in [3.63, 3.8) is 0 Å². The Morgan fingerprint density at radius 3 is 2.52 bits per heavy atom. The average Bonchev–Trinajstić information content (AvgIpc) is 3.05. The van der Waals surface area contributed by atoms with Crippen molar-refractivity contribution in [2.24, 2.45) is 0 Å². The molecule has 4 heteroatoms. The van der Waals surface area contributed by atoms with Gasteiger partial charge in [-0.15, -0.1) is 0 Å². The quantitative estimate of drug-likeness (QED) is 0.764. The second-order valence-electron chi connectivity index (χ2n) is 4.73. The van der Waals surface area contributed by atoms with Crippen molar-refractivity contribution in [1.29, 1.82) is 0 Å². The molecule has 106 valence electrons. The summed E-state index contributed by atoms with van der Waals surface area (Å²) in [5.74, 6) is 0.829. The van der Waals surface area contributed by atoms with Gasteiger partial charge in [-0.25, -0.2) is 0 Å². The number of hydrogen-bond donors (Lipinski definition) is 2. The Bertz CT molecular complexity index is 732. The van der Waals surface area contributed by atoms with E-state index in [2.05, 4.69) is 27.6 Å². The van der Waals surface area contributed by atoms with Gasteiger partial charge in [-0.3, -0.25) is 5.10 Å². The van der Waals surface area contributed by atoms with E-state index in [0.717, 1.165) is 34.0 Å². The molecule has 3 aromatic rings. The lowest BCUT2D eigenvalue weighted by molar-refractivity contribution is 0.415. The van der Waals surface area contributed by atoms with Crippen molar-refractivity contribution in [1.82, 2.24) is 10.2 Å². The molecule has 0 bridgehead atoms. The topological polar surface area (TPSA) is 49.9 Å². The van der Waals surface area contributed by atoms with Crippen LogP contribution in [0.15, 0.2) is 54.6 Å². The number of aromatic amines is 1. The molecule has 4 nitrogen and oxygen atoms in total. The van der Waals surface area contributed by atoms with Crippen LogP contribution in [0.3, 0.4) is 0 Å². The zero-order chi connectivity index (χ0) is 14.7. The summed E-state index contributed by atoms with van der Waals surface area (Å²) in [6.07, 6.45) is 0. The molecule has 0 aliphatic heterocycles. The van der Waals surface area contributed by atoms with E-state index in [1.807, 2.05) is 49.5 Å². The number of nitrogens with one attached hydrogen (secondary N) is 2. The van der Waals surface area contributed by atoms with Crippen LogP contribution >= 0.6 is 0 Å². The highest BCUT2D eigenvalue weighted by atomic mass is 16.5. The molecule has 0 spiro atoms. The van der Waals surface area contributed by atoms with Gasteiger partial charge in [0.1, 0.15) is 5.75 Å². The summed E-state index contributed by atoms with van der Waals surface area (Å²) >= 11 is 0. The van der Waals surface area contributed by atoms with Crippen molar-refractivity contribution < 1.29 is 4.74 Å². The highest BCUT2D eigenvalue weighted by Gasteiger charge is 2.06. The van der Waals surface area contributed by atoms with Gasteiger partial charge in [0.25, 0.3) is 0 Å². The first-order valence-corrected chi connectivity index (χ1v) is 6.78. The van der Waals surface area contributed by atoms with Gasteiger partial charge in [-0.05, 0) is 35.9 Å². The lowest BCUT2D eigenvalue weighted by atomic mass is 10.1. The van der Waals surface area contributed by atoms with Gasteiger partial charge in [0.05, 0.1) is 18.5 Å². The molecule has 1 aromatic heterocycles. The second kappa shape index (κ2) is 5.71. The largest absolute Gasteiger partial charge is 0.497 e. The molecule has 0 amide bonds. The number of nitrogens with zero attached hydrogens (tertiary/aromatic N) is 1. The van der Waals surface area contributed by atoms with Gasteiger partial charge in [-0.2, -0.15) is 5.10 Å². The lowest BCUT2D eigenvalue weighted by Crippen LogP contribution is -1.86. The van der Waals surface area contributed by atoms with Crippen molar-refractivity contribution in [3.8, 4) is 28.3 Å². The van der Waals surface area contributed by atoms with Crippen molar-refractivity contribution in [2.45, 2.75) is 0 Å². The molecule has 2 N–H and O–H groups in total. The summed E-state index contributed by atoms with van der Waals surface area (Å²) in [5, 5.41) is 10.6. The van der Waals surface area contributed by atoms with Crippen molar-refractivity contribution in [2.75, 3.05) is 19.5 Å². The maximum Gasteiger partial charge on any atom is 0.119 e. The number of ether oxygens (including phenoxy) is 1. The van der Waals surface area contributed by atoms with E-state index < -0.39 is 0 Å². The third kappa shape index (κ3) is 2.74.